The van der Waals surface area contributed by atoms with E-state index < -0.39 is 0 Å². The molecule has 0 bridgehead atoms. The number of hydrogen-bond donors (Lipinski definition) is 0. The largest absolute Gasteiger partial charge is 0.387 e. The van der Waals surface area contributed by atoms with E-state index in [2.05, 4.69) is 55.5 Å². The van der Waals surface area contributed by atoms with Gasteiger partial charge in [0, 0.05) is 12.0 Å². The van der Waals surface area contributed by atoms with E-state index in [0.29, 0.717) is 5.75 Å². The van der Waals surface area contributed by atoms with Gasteiger partial charge in [-0.25, -0.2) is 0 Å². The Morgan fingerprint density at radius 2 is 1.56 bits per heavy atom. The second kappa shape index (κ2) is 7.68. The topological polar surface area (TPSA) is 33.0 Å². The van der Waals surface area contributed by atoms with Gasteiger partial charge in [-0.05, 0) is 53.3 Å². The summed E-state index contributed by atoms with van der Waals surface area (Å²) in [6.45, 7) is 4.14. The molecule has 3 aromatic rings. The van der Waals surface area contributed by atoms with E-state index in [1.54, 1.807) is 0 Å². The Balaban J connectivity index is 2.02. The maximum atomic E-state index is 9.02. The highest BCUT2D eigenvalue weighted by molar-refractivity contribution is 5.67. The smallest absolute Gasteiger partial charge is 0.292 e. The van der Waals surface area contributed by atoms with Crippen molar-refractivity contribution < 1.29 is 4.74 Å². The van der Waals surface area contributed by atoms with Crippen molar-refractivity contribution in [3.05, 3.63) is 89.0 Å². The molecule has 124 valence electrons. The zero-order valence-electron chi connectivity index (χ0n) is 14.6. The molecule has 0 aliphatic heterocycles. The number of rotatable bonds is 5. The number of aryl methyl sites for hydroxylation is 2. The first kappa shape index (κ1) is 16.8. The average molecular weight is 327 g/mol. The molecule has 0 spiro atoms. The van der Waals surface area contributed by atoms with Crippen LogP contribution in [0.25, 0.3) is 11.1 Å². The summed E-state index contributed by atoms with van der Waals surface area (Å²) in [6.07, 6.45) is 3.60. The molecule has 3 aromatic carbocycles. The van der Waals surface area contributed by atoms with E-state index in [-0.39, 0.29) is 0 Å². The van der Waals surface area contributed by atoms with Crippen LogP contribution in [0.2, 0.25) is 0 Å². The fourth-order valence-electron chi connectivity index (χ4n) is 3.08. The van der Waals surface area contributed by atoms with E-state index in [9.17, 15) is 0 Å². The summed E-state index contributed by atoms with van der Waals surface area (Å²) in [5.41, 5.74) is 6.85. The molecule has 0 saturated carbocycles. The molecule has 0 amide bonds. The lowest BCUT2D eigenvalue weighted by Crippen LogP contribution is -1.98. The van der Waals surface area contributed by atoms with Crippen LogP contribution >= 0.6 is 0 Å². The highest BCUT2D eigenvalue weighted by Crippen LogP contribution is 2.32. The van der Waals surface area contributed by atoms with Crippen LogP contribution < -0.4 is 4.74 Å². The van der Waals surface area contributed by atoms with E-state index in [4.69, 9.17) is 10.00 Å². The molecule has 0 radical (unpaired) electrons. The molecule has 0 unspecified atom stereocenters. The number of ether oxygens (including phenoxy) is 1. The Hall–Kier alpha value is -3.05. The minimum Gasteiger partial charge on any atom is -0.387 e. The Kier molecular flexibility index (Phi) is 5.16. The molecule has 0 aromatic heterocycles. The molecule has 0 saturated heterocycles. The average Bonchev–Trinajstić information content (AvgIpc) is 2.65. The molecule has 3 rings (SSSR count). The van der Waals surface area contributed by atoms with Gasteiger partial charge in [0.25, 0.3) is 6.26 Å². The standard InChI is InChI=1S/C23H21NO/c1-3-18-9-11-19(12-10-18)14-22-15-21(20-7-5-4-6-8-20)13-17(2)23(22)25-16-24/h4-13,15H,3,14H2,1-2H3. The van der Waals surface area contributed by atoms with Crippen LogP contribution in [0.15, 0.2) is 66.7 Å². The van der Waals surface area contributed by atoms with Crippen LogP contribution in [-0.4, -0.2) is 0 Å². The van der Waals surface area contributed by atoms with Crippen molar-refractivity contribution in [2.45, 2.75) is 26.7 Å². The van der Waals surface area contributed by atoms with Crippen LogP contribution in [0.1, 0.15) is 29.2 Å². The lowest BCUT2D eigenvalue weighted by atomic mass is 9.95. The summed E-state index contributed by atoms with van der Waals surface area (Å²) in [7, 11) is 0. The lowest BCUT2D eigenvalue weighted by molar-refractivity contribution is 0.497. The number of nitriles is 1. The van der Waals surface area contributed by atoms with Gasteiger partial charge >= 0.3 is 0 Å². The van der Waals surface area contributed by atoms with E-state index >= 15 is 0 Å². The van der Waals surface area contributed by atoms with Crippen molar-refractivity contribution in [3.63, 3.8) is 0 Å². The van der Waals surface area contributed by atoms with Crippen molar-refractivity contribution in [2.75, 3.05) is 0 Å². The quantitative estimate of drug-likeness (QED) is 0.565. The van der Waals surface area contributed by atoms with Gasteiger partial charge in [0.05, 0.1) is 0 Å². The third-order valence-corrected chi connectivity index (χ3v) is 4.43. The molecule has 0 N–H and O–H groups in total. The van der Waals surface area contributed by atoms with Gasteiger partial charge < -0.3 is 4.74 Å². The fraction of sp³-hybridized carbons (Fsp3) is 0.174. The fourth-order valence-corrected chi connectivity index (χ4v) is 3.08. The first-order valence-electron chi connectivity index (χ1n) is 8.54. The van der Waals surface area contributed by atoms with Gasteiger partial charge in [0.1, 0.15) is 5.75 Å². The molecular formula is C23H21NO. The maximum absolute atomic E-state index is 9.02. The van der Waals surface area contributed by atoms with Crippen LogP contribution in [0, 0.1) is 18.4 Å². The van der Waals surface area contributed by atoms with Crippen LogP contribution in [0.5, 0.6) is 5.75 Å². The first-order valence-corrected chi connectivity index (χ1v) is 8.54. The third-order valence-electron chi connectivity index (χ3n) is 4.43. The molecule has 0 fully saturated rings. The lowest BCUT2D eigenvalue weighted by Gasteiger charge is -2.13. The third kappa shape index (κ3) is 3.89. The second-order valence-electron chi connectivity index (χ2n) is 6.19. The Morgan fingerprint density at radius 1 is 0.880 bits per heavy atom. The van der Waals surface area contributed by atoms with Gasteiger partial charge in [-0.1, -0.05) is 61.5 Å². The van der Waals surface area contributed by atoms with Crippen molar-refractivity contribution >= 4 is 0 Å². The minimum absolute atomic E-state index is 0.668. The zero-order chi connectivity index (χ0) is 17.6. The minimum atomic E-state index is 0.668. The molecule has 2 heteroatoms. The predicted octanol–water partition coefficient (Wildman–Crippen LogP) is 5.68. The molecule has 0 atom stereocenters. The Morgan fingerprint density at radius 3 is 2.20 bits per heavy atom. The van der Waals surface area contributed by atoms with Crippen molar-refractivity contribution in [2.24, 2.45) is 0 Å². The zero-order valence-corrected chi connectivity index (χ0v) is 14.6. The number of nitrogens with zero attached hydrogens (tertiary/aromatic N) is 1. The summed E-state index contributed by atoms with van der Waals surface area (Å²) < 4.78 is 5.28. The van der Waals surface area contributed by atoms with Gasteiger partial charge in [-0.15, -0.1) is 5.26 Å². The highest BCUT2D eigenvalue weighted by Gasteiger charge is 2.12. The molecule has 25 heavy (non-hydrogen) atoms. The van der Waals surface area contributed by atoms with Crippen molar-refractivity contribution in [1.29, 1.82) is 5.26 Å². The summed E-state index contributed by atoms with van der Waals surface area (Å²) in [6, 6.07) is 23.1. The van der Waals surface area contributed by atoms with E-state index in [0.717, 1.165) is 35.1 Å². The maximum Gasteiger partial charge on any atom is 0.292 e. The summed E-state index contributed by atoms with van der Waals surface area (Å²) in [5, 5.41) is 9.02. The number of hydrogen-bond acceptors (Lipinski definition) is 2. The van der Waals surface area contributed by atoms with Gasteiger partial charge in [0.2, 0.25) is 0 Å². The summed E-state index contributed by atoms with van der Waals surface area (Å²) >= 11 is 0. The monoisotopic (exact) mass is 327 g/mol. The molecule has 2 nitrogen and oxygen atoms in total. The first-order chi connectivity index (χ1) is 12.2. The normalized spacial score (nSPS) is 10.3. The predicted molar refractivity (Wildman–Crippen MR) is 101 cm³/mol. The second-order valence-corrected chi connectivity index (χ2v) is 6.19. The highest BCUT2D eigenvalue weighted by atomic mass is 16.5. The Labute approximate surface area is 149 Å². The summed E-state index contributed by atoms with van der Waals surface area (Å²) in [4.78, 5) is 0. The van der Waals surface area contributed by atoms with E-state index in [1.807, 2.05) is 31.4 Å². The van der Waals surface area contributed by atoms with Crippen LogP contribution in [0.4, 0.5) is 0 Å². The van der Waals surface area contributed by atoms with Crippen LogP contribution in [-0.2, 0) is 12.8 Å². The molecule has 0 heterocycles. The molecule has 0 aliphatic carbocycles. The van der Waals surface area contributed by atoms with Gasteiger partial charge in [0.15, 0.2) is 0 Å². The Bertz CT molecular complexity index is 890. The molecule has 0 aliphatic rings. The van der Waals surface area contributed by atoms with E-state index in [1.165, 1.54) is 11.1 Å². The SMILES string of the molecule is CCc1ccc(Cc2cc(-c3ccccc3)cc(C)c2OC#N)cc1. The van der Waals surface area contributed by atoms with Crippen LogP contribution in [0.3, 0.4) is 0 Å². The number of benzene rings is 3. The summed E-state index contributed by atoms with van der Waals surface area (Å²) in [5.74, 6) is 0.668. The van der Waals surface area contributed by atoms with Crippen molar-refractivity contribution in [1.82, 2.24) is 0 Å². The van der Waals surface area contributed by atoms with Gasteiger partial charge in [-0.2, -0.15) is 0 Å². The van der Waals surface area contributed by atoms with Gasteiger partial charge in [-0.3, -0.25) is 0 Å². The molecular weight excluding hydrogens is 306 g/mol. The van der Waals surface area contributed by atoms with Crippen molar-refractivity contribution in [3.8, 4) is 23.1 Å².